The first-order valence-electron chi connectivity index (χ1n) is 4.93. The van der Waals surface area contributed by atoms with Gasteiger partial charge in [0.2, 0.25) is 0 Å². The number of amides is 1. The van der Waals surface area contributed by atoms with Crippen LogP contribution >= 0.6 is 0 Å². The molecule has 0 spiro atoms. The Labute approximate surface area is 88.4 Å². The van der Waals surface area contributed by atoms with Gasteiger partial charge in [0, 0.05) is 30.1 Å². The molecule has 15 heavy (non-hydrogen) atoms. The number of carbonyl (C=O) groups excluding carboxylic acids is 1. The van der Waals surface area contributed by atoms with Crippen molar-refractivity contribution in [2.45, 2.75) is 5.92 Å². The lowest BCUT2D eigenvalue weighted by Gasteiger charge is -2.26. The molecular formula is C11H14N2O2. The average molecular weight is 206 g/mol. The lowest BCUT2D eigenvalue weighted by molar-refractivity contribution is 0.0939. The normalized spacial score (nSPS) is 19.3. The minimum atomic E-state index is -0.0476. The van der Waals surface area contributed by atoms with Gasteiger partial charge in [0.05, 0.1) is 7.11 Å². The van der Waals surface area contributed by atoms with Gasteiger partial charge in [-0.15, -0.1) is 0 Å². The van der Waals surface area contributed by atoms with Crippen molar-refractivity contribution in [3.8, 4) is 5.75 Å². The summed E-state index contributed by atoms with van der Waals surface area (Å²) in [4.78, 5) is 11.6. The van der Waals surface area contributed by atoms with Gasteiger partial charge in [0.25, 0.3) is 5.91 Å². The number of benzene rings is 1. The molecule has 0 bridgehead atoms. The van der Waals surface area contributed by atoms with Gasteiger partial charge in [-0.2, -0.15) is 0 Å². The van der Waals surface area contributed by atoms with E-state index < -0.39 is 0 Å². The Morgan fingerprint density at radius 1 is 1.60 bits per heavy atom. The summed E-state index contributed by atoms with van der Waals surface area (Å²) >= 11 is 0. The number of hydrogen-bond acceptors (Lipinski definition) is 3. The molecule has 1 aliphatic heterocycles. The van der Waals surface area contributed by atoms with E-state index in [1.807, 2.05) is 12.1 Å². The average Bonchev–Trinajstić information content (AvgIpc) is 2.29. The molecule has 0 saturated heterocycles. The van der Waals surface area contributed by atoms with Crippen molar-refractivity contribution < 1.29 is 9.53 Å². The third kappa shape index (κ3) is 1.57. The van der Waals surface area contributed by atoms with E-state index in [9.17, 15) is 4.79 Å². The van der Waals surface area contributed by atoms with E-state index in [0.29, 0.717) is 18.7 Å². The molecule has 3 N–H and O–H groups in total. The lowest BCUT2D eigenvalue weighted by Crippen LogP contribution is -2.38. The van der Waals surface area contributed by atoms with Gasteiger partial charge in [-0.05, 0) is 12.1 Å². The molecule has 1 aromatic carbocycles. The first kappa shape index (κ1) is 9.98. The maximum absolute atomic E-state index is 11.6. The SMILES string of the molecule is COc1cccc2c1C(CN)CNC2=O. The van der Waals surface area contributed by atoms with E-state index in [2.05, 4.69) is 5.32 Å². The molecular weight excluding hydrogens is 192 g/mol. The highest BCUT2D eigenvalue weighted by atomic mass is 16.5. The first-order valence-corrected chi connectivity index (χ1v) is 4.93. The topological polar surface area (TPSA) is 64.3 Å². The molecule has 1 heterocycles. The van der Waals surface area contributed by atoms with E-state index in [1.165, 1.54) is 0 Å². The number of nitrogens with one attached hydrogen (secondary N) is 1. The molecule has 1 amide bonds. The highest BCUT2D eigenvalue weighted by Crippen LogP contribution is 2.31. The molecule has 4 nitrogen and oxygen atoms in total. The van der Waals surface area contributed by atoms with Gasteiger partial charge in [-0.3, -0.25) is 4.79 Å². The molecule has 1 atom stereocenters. The smallest absolute Gasteiger partial charge is 0.251 e. The maximum Gasteiger partial charge on any atom is 0.251 e. The van der Waals surface area contributed by atoms with Crippen LogP contribution in [0.5, 0.6) is 5.75 Å². The number of nitrogens with two attached hydrogens (primary N) is 1. The molecule has 1 unspecified atom stereocenters. The van der Waals surface area contributed by atoms with Gasteiger partial charge in [-0.1, -0.05) is 6.07 Å². The Balaban J connectivity index is 2.56. The van der Waals surface area contributed by atoms with Gasteiger partial charge < -0.3 is 15.8 Å². The van der Waals surface area contributed by atoms with Crippen molar-refractivity contribution >= 4 is 5.91 Å². The van der Waals surface area contributed by atoms with Gasteiger partial charge in [0.1, 0.15) is 5.75 Å². The van der Waals surface area contributed by atoms with Crippen molar-refractivity contribution in [2.24, 2.45) is 5.73 Å². The molecule has 4 heteroatoms. The summed E-state index contributed by atoms with van der Waals surface area (Å²) in [6, 6.07) is 5.48. The van der Waals surface area contributed by atoms with Crippen LogP contribution in [0.25, 0.3) is 0 Å². The molecule has 1 aliphatic rings. The number of rotatable bonds is 2. The van der Waals surface area contributed by atoms with Crippen LogP contribution in [0.3, 0.4) is 0 Å². The largest absolute Gasteiger partial charge is 0.496 e. The zero-order valence-corrected chi connectivity index (χ0v) is 8.62. The fraction of sp³-hybridized carbons (Fsp3) is 0.364. The maximum atomic E-state index is 11.6. The predicted molar refractivity (Wildman–Crippen MR) is 57.1 cm³/mol. The minimum Gasteiger partial charge on any atom is -0.496 e. The number of carbonyl (C=O) groups is 1. The van der Waals surface area contributed by atoms with Crippen LogP contribution < -0.4 is 15.8 Å². The molecule has 0 radical (unpaired) electrons. The standard InChI is InChI=1S/C11H14N2O2/c1-15-9-4-2-3-8-10(9)7(5-12)6-13-11(8)14/h2-4,7H,5-6,12H2,1H3,(H,13,14). The van der Waals surface area contributed by atoms with Crippen molar-refractivity contribution in [1.29, 1.82) is 0 Å². The quantitative estimate of drug-likeness (QED) is 0.739. The Morgan fingerprint density at radius 3 is 3.07 bits per heavy atom. The van der Waals surface area contributed by atoms with Crippen LogP contribution in [0.2, 0.25) is 0 Å². The number of hydrogen-bond donors (Lipinski definition) is 2. The van der Waals surface area contributed by atoms with Crippen LogP contribution in [-0.2, 0) is 0 Å². The van der Waals surface area contributed by atoms with E-state index >= 15 is 0 Å². The van der Waals surface area contributed by atoms with E-state index in [4.69, 9.17) is 10.5 Å². The van der Waals surface area contributed by atoms with E-state index in [-0.39, 0.29) is 11.8 Å². The Hall–Kier alpha value is -1.55. The van der Waals surface area contributed by atoms with E-state index in [1.54, 1.807) is 13.2 Å². The van der Waals surface area contributed by atoms with Crippen LogP contribution in [0.15, 0.2) is 18.2 Å². The molecule has 1 aromatic rings. The van der Waals surface area contributed by atoms with Crippen molar-refractivity contribution in [3.63, 3.8) is 0 Å². The third-order valence-electron chi connectivity index (χ3n) is 2.73. The summed E-state index contributed by atoms with van der Waals surface area (Å²) in [6.45, 7) is 1.09. The molecule has 0 saturated carbocycles. The summed E-state index contributed by atoms with van der Waals surface area (Å²) in [5.41, 5.74) is 7.29. The second-order valence-electron chi connectivity index (χ2n) is 3.56. The van der Waals surface area contributed by atoms with Crippen molar-refractivity contribution in [2.75, 3.05) is 20.2 Å². The van der Waals surface area contributed by atoms with Crippen LogP contribution in [0, 0.1) is 0 Å². The van der Waals surface area contributed by atoms with Crippen LogP contribution in [0.4, 0.5) is 0 Å². The zero-order valence-electron chi connectivity index (χ0n) is 8.62. The molecule has 0 aromatic heterocycles. The molecule has 80 valence electrons. The zero-order chi connectivity index (χ0) is 10.8. The predicted octanol–water partition coefficient (Wildman–Crippen LogP) is 0.481. The molecule has 0 aliphatic carbocycles. The fourth-order valence-electron chi connectivity index (χ4n) is 1.96. The summed E-state index contributed by atoms with van der Waals surface area (Å²) in [6.07, 6.45) is 0. The molecule has 2 rings (SSSR count). The van der Waals surface area contributed by atoms with Gasteiger partial charge >= 0.3 is 0 Å². The third-order valence-corrected chi connectivity index (χ3v) is 2.73. The summed E-state index contributed by atoms with van der Waals surface area (Å²) < 4.78 is 5.26. The summed E-state index contributed by atoms with van der Waals surface area (Å²) in [5.74, 6) is 0.847. The monoisotopic (exact) mass is 206 g/mol. The minimum absolute atomic E-state index is 0.0476. The second-order valence-corrected chi connectivity index (χ2v) is 3.56. The molecule has 0 fully saturated rings. The van der Waals surface area contributed by atoms with Crippen LogP contribution in [-0.4, -0.2) is 26.1 Å². The Bertz CT molecular complexity index is 390. The van der Waals surface area contributed by atoms with E-state index in [0.717, 1.165) is 11.3 Å². The Morgan fingerprint density at radius 2 is 2.40 bits per heavy atom. The highest BCUT2D eigenvalue weighted by Gasteiger charge is 2.27. The number of fused-ring (bicyclic) bond motifs is 1. The highest BCUT2D eigenvalue weighted by molar-refractivity contribution is 5.97. The van der Waals surface area contributed by atoms with Gasteiger partial charge in [-0.25, -0.2) is 0 Å². The number of ether oxygens (including phenoxy) is 1. The summed E-state index contributed by atoms with van der Waals surface area (Å²) in [5, 5.41) is 2.82. The first-order chi connectivity index (χ1) is 7.27. The van der Waals surface area contributed by atoms with Crippen molar-refractivity contribution in [3.05, 3.63) is 29.3 Å². The summed E-state index contributed by atoms with van der Waals surface area (Å²) in [7, 11) is 1.61. The number of methoxy groups -OCH3 is 1. The second kappa shape index (κ2) is 3.90. The lowest BCUT2D eigenvalue weighted by atomic mass is 9.89. The van der Waals surface area contributed by atoms with Crippen LogP contribution in [0.1, 0.15) is 21.8 Å². The fourth-order valence-corrected chi connectivity index (χ4v) is 1.96. The van der Waals surface area contributed by atoms with Gasteiger partial charge in [0.15, 0.2) is 0 Å². The Kier molecular flexibility index (Phi) is 2.60. The van der Waals surface area contributed by atoms with Crippen molar-refractivity contribution in [1.82, 2.24) is 5.32 Å².